The summed E-state index contributed by atoms with van der Waals surface area (Å²) in [6.45, 7) is 3.89. The largest absolute Gasteiger partial charge is 0.378 e. The van der Waals surface area contributed by atoms with Gasteiger partial charge in [-0.3, -0.25) is 0 Å². The lowest BCUT2D eigenvalue weighted by atomic mass is 10.1. The van der Waals surface area contributed by atoms with Crippen LogP contribution < -0.4 is 5.32 Å². The van der Waals surface area contributed by atoms with E-state index in [-0.39, 0.29) is 0 Å². The van der Waals surface area contributed by atoms with Crippen molar-refractivity contribution in [1.29, 1.82) is 0 Å². The SMILES string of the molecule is CC1COCC(CCc2cc3ccccc3s2)N1. The normalized spacial score (nSPS) is 24.5. The maximum Gasteiger partial charge on any atom is 0.0620 e. The van der Waals surface area contributed by atoms with Crippen molar-refractivity contribution in [2.75, 3.05) is 13.2 Å². The van der Waals surface area contributed by atoms with Crippen molar-refractivity contribution >= 4 is 21.4 Å². The fourth-order valence-corrected chi connectivity index (χ4v) is 3.61. The van der Waals surface area contributed by atoms with Crippen LogP contribution in [0.5, 0.6) is 0 Å². The van der Waals surface area contributed by atoms with Gasteiger partial charge in [-0.1, -0.05) is 18.2 Å². The zero-order valence-corrected chi connectivity index (χ0v) is 11.5. The fourth-order valence-electron chi connectivity index (χ4n) is 2.53. The first-order chi connectivity index (χ1) is 8.81. The van der Waals surface area contributed by atoms with E-state index in [0.717, 1.165) is 26.1 Å². The summed E-state index contributed by atoms with van der Waals surface area (Å²) < 4.78 is 6.98. The van der Waals surface area contributed by atoms with Crippen LogP contribution in [-0.4, -0.2) is 25.3 Å². The number of fused-ring (bicyclic) bond motifs is 1. The second kappa shape index (κ2) is 5.39. The zero-order valence-electron chi connectivity index (χ0n) is 10.7. The summed E-state index contributed by atoms with van der Waals surface area (Å²) in [5.74, 6) is 0. The molecule has 0 amide bonds. The van der Waals surface area contributed by atoms with Crippen LogP contribution >= 0.6 is 11.3 Å². The van der Waals surface area contributed by atoms with E-state index in [9.17, 15) is 0 Å². The van der Waals surface area contributed by atoms with Crippen LogP contribution in [0.15, 0.2) is 30.3 Å². The van der Waals surface area contributed by atoms with Gasteiger partial charge in [-0.25, -0.2) is 0 Å². The second-order valence-electron chi connectivity index (χ2n) is 5.09. The minimum atomic E-state index is 0.492. The topological polar surface area (TPSA) is 21.3 Å². The molecular formula is C15H19NOS. The first-order valence-corrected chi connectivity index (χ1v) is 7.44. The molecule has 1 saturated heterocycles. The Kier molecular flexibility index (Phi) is 3.64. The molecule has 2 nitrogen and oxygen atoms in total. The van der Waals surface area contributed by atoms with E-state index >= 15 is 0 Å². The van der Waals surface area contributed by atoms with Crippen LogP contribution in [0.2, 0.25) is 0 Å². The third-order valence-corrected chi connectivity index (χ3v) is 4.60. The number of hydrogen-bond acceptors (Lipinski definition) is 3. The number of morpholine rings is 1. The van der Waals surface area contributed by atoms with Gasteiger partial charge in [0.25, 0.3) is 0 Å². The fraction of sp³-hybridized carbons (Fsp3) is 0.467. The maximum absolute atomic E-state index is 5.58. The molecule has 2 aromatic rings. The predicted octanol–water partition coefficient (Wildman–Crippen LogP) is 3.21. The Labute approximate surface area is 112 Å². The summed E-state index contributed by atoms with van der Waals surface area (Å²) in [6, 6.07) is 11.9. The van der Waals surface area contributed by atoms with E-state index in [1.165, 1.54) is 15.0 Å². The highest BCUT2D eigenvalue weighted by Gasteiger charge is 2.18. The smallest absolute Gasteiger partial charge is 0.0620 e. The summed E-state index contributed by atoms with van der Waals surface area (Å²) in [5.41, 5.74) is 0. The highest BCUT2D eigenvalue weighted by molar-refractivity contribution is 7.19. The van der Waals surface area contributed by atoms with Gasteiger partial charge in [-0.05, 0) is 37.3 Å². The Morgan fingerprint density at radius 3 is 3.06 bits per heavy atom. The van der Waals surface area contributed by atoms with Gasteiger partial charge in [-0.2, -0.15) is 0 Å². The highest BCUT2D eigenvalue weighted by Crippen LogP contribution is 2.26. The highest BCUT2D eigenvalue weighted by atomic mass is 32.1. The molecule has 1 fully saturated rings. The van der Waals surface area contributed by atoms with Gasteiger partial charge < -0.3 is 10.1 Å². The average Bonchev–Trinajstić information content (AvgIpc) is 2.79. The number of thiophene rings is 1. The standard InChI is InChI=1S/C15H19NOS/c1-11-9-17-10-13(16-11)6-7-14-8-12-4-2-3-5-15(12)18-14/h2-5,8,11,13,16H,6-7,9-10H2,1H3. The van der Waals surface area contributed by atoms with Crippen LogP contribution in [0.3, 0.4) is 0 Å². The molecule has 2 heterocycles. The lowest BCUT2D eigenvalue weighted by molar-refractivity contribution is 0.0484. The molecule has 1 aromatic heterocycles. The lowest BCUT2D eigenvalue weighted by Gasteiger charge is -2.28. The molecule has 0 aliphatic carbocycles. The summed E-state index contributed by atoms with van der Waals surface area (Å²) >= 11 is 1.92. The van der Waals surface area contributed by atoms with E-state index in [1.54, 1.807) is 0 Å². The number of rotatable bonds is 3. The van der Waals surface area contributed by atoms with Gasteiger partial charge in [0.05, 0.1) is 13.2 Å². The number of hydrogen-bond donors (Lipinski definition) is 1. The van der Waals surface area contributed by atoms with Gasteiger partial charge >= 0.3 is 0 Å². The molecule has 3 rings (SSSR count). The van der Waals surface area contributed by atoms with Crippen LogP contribution in [-0.2, 0) is 11.2 Å². The zero-order chi connectivity index (χ0) is 12.4. The van der Waals surface area contributed by atoms with E-state index in [4.69, 9.17) is 4.74 Å². The molecule has 1 aliphatic rings. The van der Waals surface area contributed by atoms with Crippen molar-refractivity contribution in [3.63, 3.8) is 0 Å². The molecule has 0 radical (unpaired) electrons. The van der Waals surface area contributed by atoms with Crippen molar-refractivity contribution in [2.24, 2.45) is 0 Å². The molecule has 2 unspecified atom stereocenters. The van der Waals surface area contributed by atoms with Crippen molar-refractivity contribution in [3.8, 4) is 0 Å². The number of aryl methyl sites for hydroxylation is 1. The minimum Gasteiger partial charge on any atom is -0.378 e. The molecule has 1 aliphatic heterocycles. The van der Waals surface area contributed by atoms with Gasteiger partial charge in [0, 0.05) is 21.7 Å². The molecule has 96 valence electrons. The van der Waals surface area contributed by atoms with Crippen molar-refractivity contribution < 1.29 is 4.74 Å². The van der Waals surface area contributed by atoms with E-state index < -0.39 is 0 Å². The van der Waals surface area contributed by atoms with Crippen molar-refractivity contribution in [1.82, 2.24) is 5.32 Å². The number of benzene rings is 1. The van der Waals surface area contributed by atoms with Gasteiger partial charge in [0.2, 0.25) is 0 Å². The Morgan fingerprint density at radius 2 is 2.22 bits per heavy atom. The average molecular weight is 261 g/mol. The predicted molar refractivity (Wildman–Crippen MR) is 77.4 cm³/mol. The summed E-state index contributed by atoms with van der Waals surface area (Å²) in [5, 5.41) is 4.97. The second-order valence-corrected chi connectivity index (χ2v) is 6.26. The quantitative estimate of drug-likeness (QED) is 0.916. The van der Waals surface area contributed by atoms with E-state index in [1.807, 2.05) is 11.3 Å². The van der Waals surface area contributed by atoms with Crippen LogP contribution in [0.25, 0.3) is 10.1 Å². The lowest BCUT2D eigenvalue weighted by Crippen LogP contribution is -2.47. The van der Waals surface area contributed by atoms with Crippen LogP contribution in [0.4, 0.5) is 0 Å². The molecule has 0 spiro atoms. The summed E-state index contributed by atoms with van der Waals surface area (Å²) in [4.78, 5) is 1.48. The minimum absolute atomic E-state index is 0.492. The molecule has 0 bridgehead atoms. The summed E-state index contributed by atoms with van der Waals surface area (Å²) in [6.07, 6.45) is 2.31. The van der Waals surface area contributed by atoms with E-state index in [2.05, 4.69) is 42.6 Å². The van der Waals surface area contributed by atoms with E-state index in [0.29, 0.717) is 12.1 Å². The first-order valence-electron chi connectivity index (χ1n) is 6.62. The number of nitrogens with one attached hydrogen (secondary N) is 1. The first kappa shape index (κ1) is 12.2. The Hall–Kier alpha value is -0.900. The summed E-state index contributed by atoms with van der Waals surface area (Å²) in [7, 11) is 0. The molecule has 3 heteroatoms. The third kappa shape index (κ3) is 2.74. The van der Waals surface area contributed by atoms with Gasteiger partial charge in [-0.15, -0.1) is 11.3 Å². The molecular weight excluding hydrogens is 242 g/mol. The third-order valence-electron chi connectivity index (χ3n) is 3.42. The van der Waals surface area contributed by atoms with Crippen molar-refractivity contribution in [3.05, 3.63) is 35.2 Å². The van der Waals surface area contributed by atoms with Crippen LogP contribution in [0, 0.1) is 0 Å². The number of ether oxygens (including phenoxy) is 1. The van der Waals surface area contributed by atoms with Crippen molar-refractivity contribution in [2.45, 2.75) is 31.8 Å². The Morgan fingerprint density at radius 1 is 1.33 bits per heavy atom. The Balaban J connectivity index is 1.62. The molecule has 1 aromatic carbocycles. The Bertz CT molecular complexity index is 489. The van der Waals surface area contributed by atoms with Gasteiger partial charge in [0.1, 0.15) is 0 Å². The molecule has 2 atom stereocenters. The molecule has 0 saturated carbocycles. The maximum atomic E-state index is 5.58. The monoisotopic (exact) mass is 261 g/mol. The van der Waals surface area contributed by atoms with Gasteiger partial charge in [0.15, 0.2) is 0 Å². The van der Waals surface area contributed by atoms with Crippen LogP contribution in [0.1, 0.15) is 18.2 Å². The molecule has 18 heavy (non-hydrogen) atoms. The molecule has 1 N–H and O–H groups in total.